The van der Waals surface area contributed by atoms with Crippen LogP contribution in [0, 0.1) is 13.8 Å². The fraction of sp³-hybridized carbons (Fsp3) is 0.385. The molecule has 0 aliphatic heterocycles. The molecule has 0 saturated carbocycles. The second-order valence-electron chi connectivity index (χ2n) is 13.3. The molecule has 0 saturated heterocycles. The highest BCUT2D eigenvalue weighted by molar-refractivity contribution is 5.53. The van der Waals surface area contributed by atoms with Gasteiger partial charge in [-0.05, 0) is 97.2 Å². The molecule has 0 heterocycles. The van der Waals surface area contributed by atoms with Crippen molar-refractivity contribution in [3.05, 3.63) is 135 Å². The fourth-order valence-corrected chi connectivity index (χ4v) is 5.12. The van der Waals surface area contributed by atoms with Gasteiger partial charge in [0.15, 0.2) is 0 Å². The van der Waals surface area contributed by atoms with E-state index in [1.807, 2.05) is 52.8 Å². The average Bonchev–Trinajstić information content (AvgIpc) is 2.93. The molecule has 2 rings (SSSR count). The van der Waals surface area contributed by atoms with Crippen LogP contribution in [0.4, 0.5) is 0 Å². The zero-order valence-electron chi connectivity index (χ0n) is 27.9. The van der Waals surface area contributed by atoms with Gasteiger partial charge in [0.05, 0.1) is 6.26 Å². The zero-order chi connectivity index (χ0) is 32.2. The number of rotatable bonds is 10. The molecule has 3 heteroatoms. The number of hydrogen-bond acceptors (Lipinski definition) is 3. The first-order chi connectivity index (χ1) is 19.3. The predicted octanol–water partition coefficient (Wildman–Crippen LogP) is 10.8. The van der Waals surface area contributed by atoms with Gasteiger partial charge in [-0.15, -0.1) is 0 Å². The van der Waals surface area contributed by atoms with Crippen molar-refractivity contribution in [1.82, 2.24) is 0 Å². The molecular weight excluding hydrogens is 516 g/mol. The van der Waals surface area contributed by atoms with E-state index in [0.717, 1.165) is 50.8 Å². The maximum Gasteiger partial charge on any atom is 0.121 e. The number of phenols is 1. The van der Waals surface area contributed by atoms with Gasteiger partial charge in [-0.2, -0.15) is 0 Å². The largest absolute Gasteiger partial charge is 0.515 e. The van der Waals surface area contributed by atoms with Gasteiger partial charge in [0.25, 0.3) is 0 Å². The minimum Gasteiger partial charge on any atom is -0.515 e. The third-order valence-corrected chi connectivity index (χ3v) is 8.52. The van der Waals surface area contributed by atoms with Crippen molar-refractivity contribution < 1.29 is 15.3 Å². The van der Waals surface area contributed by atoms with Crippen molar-refractivity contribution in [3.63, 3.8) is 0 Å². The van der Waals surface area contributed by atoms with Crippen molar-refractivity contribution in [3.8, 4) is 5.75 Å². The van der Waals surface area contributed by atoms with Crippen LogP contribution >= 0.6 is 0 Å². The van der Waals surface area contributed by atoms with E-state index in [9.17, 15) is 15.3 Å². The SMILES string of the molecule is C=C(C)/C(O)=C(C)\C=C\C(C)(C)c1cc(C(C)(C)C(/C=C/C)=C/C(C)=C/O)cc(C(C)(C)c2cc(C)c(O)c(C)c2)c1. The molecule has 3 N–H and O–H groups in total. The quantitative estimate of drug-likeness (QED) is 0.197. The number of hydrogen-bond donors (Lipinski definition) is 3. The third-order valence-electron chi connectivity index (χ3n) is 8.52. The van der Waals surface area contributed by atoms with E-state index in [1.165, 1.54) is 5.56 Å². The topological polar surface area (TPSA) is 60.7 Å². The molecule has 2 aromatic rings. The summed E-state index contributed by atoms with van der Waals surface area (Å²) in [5.74, 6) is 0.552. The van der Waals surface area contributed by atoms with E-state index in [0.29, 0.717) is 11.3 Å². The molecule has 0 fully saturated rings. The van der Waals surface area contributed by atoms with Gasteiger partial charge in [-0.25, -0.2) is 0 Å². The lowest BCUT2D eigenvalue weighted by Crippen LogP contribution is -2.26. The van der Waals surface area contributed by atoms with Crippen molar-refractivity contribution in [2.45, 2.75) is 99.3 Å². The lowest BCUT2D eigenvalue weighted by atomic mass is 9.69. The molecule has 0 aromatic heterocycles. The summed E-state index contributed by atoms with van der Waals surface area (Å²) in [6.07, 6.45) is 11.4. The summed E-state index contributed by atoms with van der Waals surface area (Å²) >= 11 is 0. The summed E-state index contributed by atoms with van der Waals surface area (Å²) in [4.78, 5) is 0. The van der Waals surface area contributed by atoms with Gasteiger partial charge in [-0.1, -0.05) is 109 Å². The van der Waals surface area contributed by atoms with E-state index in [2.05, 4.69) is 90.6 Å². The number of aryl methyl sites for hydroxylation is 2. The molecule has 0 aliphatic carbocycles. The van der Waals surface area contributed by atoms with E-state index in [1.54, 1.807) is 6.92 Å². The molecule has 42 heavy (non-hydrogen) atoms. The molecule has 3 nitrogen and oxygen atoms in total. The molecule has 0 unspecified atom stereocenters. The van der Waals surface area contributed by atoms with Crippen molar-refractivity contribution >= 4 is 0 Å². The summed E-state index contributed by atoms with van der Waals surface area (Å²) < 4.78 is 0. The van der Waals surface area contributed by atoms with E-state index < -0.39 is 0 Å². The lowest BCUT2D eigenvalue weighted by molar-refractivity contribution is 0.419. The number of allylic oxidation sites excluding steroid dienone is 9. The fourth-order valence-electron chi connectivity index (χ4n) is 5.12. The molecule has 0 radical (unpaired) electrons. The van der Waals surface area contributed by atoms with Crippen molar-refractivity contribution in [2.75, 3.05) is 0 Å². The first-order valence-electron chi connectivity index (χ1n) is 14.7. The predicted molar refractivity (Wildman–Crippen MR) is 181 cm³/mol. The summed E-state index contributed by atoms with van der Waals surface area (Å²) in [5.41, 5.74) is 8.51. The Morgan fingerprint density at radius 2 is 1.29 bits per heavy atom. The van der Waals surface area contributed by atoms with Gasteiger partial charge >= 0.3 is 0 Å². The minimum absolute atomic E-state index is 0.213. The Morgan fingerprint density at radius 1 is 0.786 bits per heavy atom. The highest BCUT2D eigenvalue weighted by atomic mass is 16.3. The molecule has 226 valence electrons. The molecule has 2 aromatic carbocycles. The minimum atomic E-state index is -0.383. The van der Waals surface area contributed by atoms with Gasteiger partial charge in [0, 0.05) is 16.2 Å². The molecular formula is C39H52O3. The first kappa shape index (κ1) is 34.5. The normalized spacial score (nSPS) is 14.6. The maximum absolute atomic E-state index is 10.5. The van der Waals surface area contributed by atoms with Crippen LogP contribution in [0.3, 0.4) is 0 Å². The average molecular weight is 569 g/mol. The van der Waals surface area contributed by atoms with Gasteiger partial charge < -0.3 is 15.3 Å². The third kappa shape index (κ3) is 7.56. The van der Waals surface area contributed by atoms with Crippen LogP contribution < -0.4 is 0 Å². The van der Waals surface area contributed by atoms with Crippen molar-refractivity contribution in [2.24, 2.45) is 0 Å². The van der Waals surface area contributed by atoms with Crippen LogP contribution in [0.5, 0.6) is 5.75 Å². The summed E-state index contributed by atoms with van der Waals surface area (Å²) in [7, 11) is 0. The van der Waals surface area contributed by atoms with E-state index >= 15 is 0 Å². The van der Waals surface area contributed by atoms with E-state index in [-0.39, 0.29) is 22.0 Å². The molecule has 0 aliphatic rings. The number of benzene rings is 2. The second-order valence-corrected chi connectivity index (χ2v) is 13.3. The number of aromatic hydroxyl groups is 1. The van der Waals surface area contributed by atoms with Gasteiger partial charge in [0.2, 0.25) is 0 Å². The zero-order valence-corrected chi connectivity index (χ0v) is 27.9. The Labute approximate surface area is 255 Å². The Bertz CT molecular complexity index is 1460. The summed E-state index contributed by atoms with van der Waals surface area (Å²) in [5, 5.41) is 30.6. The number of aliphatic hydroxyl groups is 2. The second kappa shape index (κ2) is 13.1. The number of aliphatic hydroxyl groups excluding tert-OH is 2. The highest BCUT2D eigenvalue weighted by Crippen LogP contribution is 2.42. The molecule has 0 bridgehead atoms. The summed E-state index contributed by atoms with van der Waals surface area (Å²) in [6.45, 7) is 28.6. The Hall–Kier alpha value is -3.72. The molecule has 0 atom stereocenters. The van der Waals surface area contributed by atoms with Crippen LogP contribution in [0.25, 0.3) is 0 Å². The van der Waals surface area contributed by atoms with E-state index in [4.69, 9.17) is 0 Å². The summed E-state index contributed by atoms with van der Waals surface area (Å²) in [6, 6.07) is 11.0. The van der Waals surface area contributed by atoms with Gasteiger partial charge in [-0.3, -0.25) is 0 Å². The van der Waals surface area contributed by atoms with Crippen LogP contribution in [0.1, 0.15) is 103 Å². The molecule has 0 spiro atoms. The van der Waals surface area contributed by atoms with Crippen molar-refractivity contribution in [1.29, 1.82) is 0 Å². The van der Waals surface area contributed by atoms with Crippen LogP contribution in [0.2, 0.25) is 0 Å². The Morgan fingerprint density at radius 3 is 1.79 bits per heavy atom. The van der Waals surface area contributed by atoms with Crippen LogP contribution in [-0.2, 0) is 16.2 Å². The Kier molecular flexibility index (Phi) is 10.7. The maximum atomic E-state index is 10.5. The Balaban J connectivity index is 2.94. The monoisotopic (exact) mass is 568 g/mol. The standard InChI is InChI=1S/C39H52O3/c1-14-15-30(18-26(4)24-40)38(10,11)33-21-31(37(8,9)17-16-27(5)35(41)25(2)3)22-34(23-33)39(12,13)32-19-28(6)36(42)29(7)20-32/h14-24,40-42H,2H2,1,3-13H3/b15-14+,17-16+,26-24+,30-18+,35-27+. The first-order valence-corrected chi connectivity index (χ1v) is 14.7. The molecule has 0 amide bonds. The van der Waals surface area contributed by atoms with Crippen LogP contribution in [-0.4, -0.2) is 15.3 Å². The van der Waals surface area contributed by atoms with Gasteiger partial charge in [0.1, 0.15) is 11.5 Å². The lowest BCUT2D eigenvalue weighted by Gasteiger charge is -2.35. The number of phenolic OH excluding ortho intramolecular Hbond substituents is 1. The highest BCUT2D eigenvalue weighted by Gasteiger charge is 2.32. The smallest absolute Gasteiger partial charge is 0.121 e. The van der Waals surface area contributed by atoms with Crippen LogP contribution in [0.15, 0.2) is 102 Å².